The van der Waals surface area contributed by atoms with E-state index in [0.29, 0.717) is 0 Å². The molecule has 0 aliphatic heterocycles. The van der Waals surface area contributed by atoms with E-state index in [4.69, 9.17) is 0 Å². The smallest absolute Gasteiger partial charge is 0.231 e. The van der Waals surface area contributed by atoms with Crippen LogP contribution in [-0.2, 0) is 17.3 Å². The Bertz CT molecular complexity index is 627. The minimum Gasteiger partial charge on any atom is -0.385 e. The van der Waals surface area contributed by atoms with Gasteiger partial charge in [-0.3, -0.25) is 4.79 Å². The minimum atomic E-state index is -0.675. The molecule has 0 spiro atoms. The van der Waals surface area contributed by atoms with Crippen LogP contribution in [0.25, 0.3) is 0 Å². The number of thiophene rings is 1. The fraction of sp³-hybridized carbons (Fsp3) is 0.471. The number of aryl methyl sites for hydroxylation is 1. The first-order valence-electron chi connectivity index (χ1n) is 7.75. The number of hydrogen-bond acceptors (Lipinski definition) is 3. The Kier molecular flexibility index (Phi) is 4.36. The molecule has 4 nitrogen and oxygen atoms in total. The number of amides is 1. The van der Waals surface area contributed by atoms with Crippen molar-refractivity contribution < 1.29 is 9.90 Å². The van der Waals surface area contributed by atoms with Gasteiger partial charge in [0.1, 0.15) is 6.10 Å². The zero-order valence-electron chi connectivity index (χ0n) is 12.8. The van der Waals surface area contributed by atoms with Gasteiger partial charge in [-0.15, -0.1) is 11.3 Å². The van der Waals surface area contributed by atoms with Gasteiger partial charge in [-0.05, 0) is 36.4 Å². The van der Waals surface area contributed by atoms with Crippen molar-refractivity contribution in [2.75, 3.05) is 6.54 Å². The molecule has 1 atom stereocenters. The van der Waals surface area contributed by atoms with Crippen LogP contribution in [0.15, 0.2) is 35.8 Å². The first-order valence-corrected chi connectivity index (χ1v) is 8.63. The van der Waals surface area contributed by atoms with Crippen molar-refractivity contribution in [1.29, 1.82) is 0 Å². The molecular formula is C17H22N2O2S. The standard InChI is InChI=1S/C17H22N2O2S/c1-19-10-4-6-13(19)14(20)12-18-16(21)17(8-2-3-9-17)15-7-5-11-22-15/h4-7,10-11,14,20H,2-3,8-9,12H2,1H3,(H,18,21). The van der Waals surface area contributed by atoms with E-state index in [1.54, 1.807) is 11.3 Å². The van der Waals surface area contributed by atoms with E-state index in [1.165, 1.54) is 0 Å². The van der Waals surface area contributed by atoms with E-state index in [0.717, 1.165) is 36.3 Å². The first kappa shape index (κ1) is 15.3. The molecule has 2 N–H and O–H groups in total. The largest absolute Gasteiger partial charge is 0.385 e. The van der Waals surface area contributed by atoms with Crippen molar-refractivity contribution in [3.8, 4) is 0 Å². The van der Waals surface area contributed by atoms with Crippen molar-refractivity contribution >= 4 is 17.2 Å². The maximum atomic E-state index is 12.8. The highest BCUT2D eigenvalue weighted by molar-refractivity contribution is 7.10. The molecule has 0 aromatic carbocycles. The quantitative estimate of drug-likeness (QED) is 0.890. The van der Waals surface area contributed by atoms with Crippen LogP contribution in [-0.4, -0.2) is 22.1 Å². The van der Waals surface area contributed by atoms with Crippen LogP contribution < -0.4 is 5.32 Å². The summed E-state index contributed by atoms with van der Waals surface area (Å²) in [5.41, 5.74) is 0.430. The van der Waals surface area contributed by atoms with Crippen LogP contribution in [0.4, 0.5) is 0 Å². The Balaban J connectivity index is 1.69. The predicted molar refractivity (Wildman–Crippen MR) is 87.8 cm³/mol. The van der Waals surface area contributed by atoms with E-state index in [-0.39, 0.29) is 17.9 Å². The Morgan fingerprint density at radius 1 is 1.41 bits per heavy atom. The molecule has 0 saturated heterocycles. The Hall–Kier alpha value is -1.59. The lowest BCUT2D eigenvalue weighted by atomic mass is 9.83. The number of nitrogens with one attached hydrogen (secondary N) is 1. The highest BCUT2D eigenvalue weighted by atomic mass is 32.1. The van der Waals surface area contributed by atoms with Crippen LogP contribution in [0.1, 0.15) is 42.4 Å². The lowest BCUT2D eigenvalue weighted by Crippen LogP contribution is -2.43. The van der Waals surface area contributed by atoms with Crippen molar-refractivity contribution in [3.05, 3.63) is 46.4 Å². The molecular weight excluding hydrogens is 296 g/mol. The molecule has 22 heavy (non-hydrogen) atoms. The van der Waals surface area contributed by atoms with E-state index < -0.39 is 6.10 Å². The van der Waals surface area contributed by atoms with Gasteiger partial charge in [0.2, 0.25) is 5.91 Å². The number of rotatable bonds is 5. The molecule has 1 aliphatic carbocycles. The fourth-order valence-corrected chi connectivity index (χ4v) is 4.38. The summed E-state index contributed by atoms with van der Waals surface area (Å²) in [4.78, 5) is 14.0. The van der Waals surface area contributed by atoms with Gasteiger partial charge in [0.05, 0.1) is 5.41 Å². The third-order valence-electron chi connectivity index (χ3n) is 4.67. The molecule has 2 heterocycles. The van der Waals surface area contributed by atoms with Gasteiger partial charge in [0.15, 0.2) is 0 Å². The SMILES string of the molecule is Cn1cccc1C(O)CNC(=O)C1(c2cccs2)CCCC1. The Morgan fingerprint density at radius 3 is 2.77 bits per heavy atom. The molecule has 1 unspecified atom stereocenters. The molecule has 2 aromatic rings. The summed E-state index contributed by atoms with van der Waals surface area (Å²) in [6, 6.07) is 7.83. The summed E-state index contributed by atoms with van der Waals surface area (Å²) in [5, 5.41) is 15.3. The summed E-state index contributed by atoms with van der Waals surface area (Å²) >= 11 is 1.65. The molecule has 1 aliphatic rings. The maximum Gasteiger partial charge on any atom is 0.231 e. The first-order chi connectivity index (χ1) is 10.6. The summed E-state index contributed by atoms with van der Waals surface area (Å²) in [7, 11) is 1.89. The molecule has 0 bridgehead atoms. The molecule has 1 saturated carbocycles. The van der Waals surface area contributed by atoms with Crippen LogP contribution in [0.3, 0.4) is 0 Å². The number of aromatic nitrogens is 1. The third-order valence-corrected chi connectivity index (χ3v) is 5.74. The van der Waals surface area contributed by atoms with Crippen LogP contribution in [0, 0.1) is 0 Å². The molecule has 1 fully saturated rings. The highest BCUT2D eigenvalue weighted by Gasteiger charge is 2.43. The van der Waals surface area contributed by atoms with Gasteiger partial charge in [0.25, 0.3) is 0 Å². The van der Waals surface area contributed by atoms with Crippen LogP contribution in [0.5, 0.6) is 0 Å². The van der Waals surface area contributed by atoms with Crippen LogP contribution in [0.2, 0.25) is 0 Å². The summed E-state index contributed by atoms with van der Waals surface area (Å²) < 4.78 is 1.88. The predicted octanol–water partition coefficient (Wildman–Crippen LogP) is 2.75. The second-order valence-electron chi connectivity index (χ2n) is 6.04. The number of aliphatic hydroxyl groups is 1. The van der Waals surface area contributed by atoms with E-state index >= 15 is 0 Å². The fourth-order valence-electron chi connectivity index (χ4n) is 3.40. The van der Waals surface area contributed by atoms with Crippen molar-refractivity contribution in [2.45, 2.75) is 37.2 Å². The van der Waals surface area contributed by atoms with E-state index in [2.05, 4.69) is 11.4 Å². The van der Waals surface area contributed by atoms with Gasteiger partial charge >= 0.3 is 0 Å². The molecule has 1 amide bonds. The lowest BCUT2D eigenvalue weighted by molar-refractivity contribution is -0.127. The zero-order valence-corrected chi connectivity index (χ0v) is 13.6. The Morgan fingerprint density at radius 2 is 2.18 bits per heavy atom. The third kappa shape index (κ3) is 2.71. The number of nitrogens with zero attached hydrogens (tertiary/aromatic N) is 1. The summed E-state index contributed by atoms with van der Waals surface area (Å²) in [6.45, 7) is 0.254. The van der Waals surface area contributed by atoms with Gasteiger partial charge < -0.3 is 15.0 Å². The molecule has 0 radical (unpaired) electrons. The maximum absolute atomic E-state index is 12.8. The highest BCUT2D eigenvalue weighted by Crippen LogP contribution is 2.43. The summed E-state index contributed by atoms with van der Waals surface area (Å²) in [5.74, 6) is 0.0562. The van der Waals surface area contributed by atoms with Crippen molar-refractivity contribution in [3.63, 3.8) is 0 Å². The zero-order chi connectivity index (χ0) is 15.6. The monoisotopic (exact) mass is 318 g/mol. The second-order valence-corrected chi connectivity index (χ2v) is 6.98. The molecule has 3 rings (SSSR count). The van der Waals surface area contributed by atoms with Gasteiger partial charge in [-0.1, -0.05) is 18.9 Å². The van der Waals surface area contributed by atoms with Gasteiger partial charge in [-0.25, -0.2) is 0 Å². The van der Waals surface area contributed by atoms with Crippen molar-refractivity contribution in [2.24, 2.45) is 7.05 Å². The van der Waals surface area contributed by atoms with Crippen molar-refractivity contribution in [1.82, 2.24) is 9.88 Å². The minimum absolute atomic E-state index is 0.0562. The van der Waals surface area contributed by atoms with E-state index in [1.807, 2.05) is 41.4 Å². The molecule has 5 heteroatoms. The second kappa shape index (κ2) is 6.26. The number of aliphatic hydroxyl groups excluding tert-OH is 1. The lowest BCUT2D eigenvalue weighted by Gasteiger charge is -2.27. The average molecular weight is 318 g/mol. The van der Waals surface area contributed by atoms with Gasteiger partial charge in [-0.2, -0.15) is 0 Å². The molecule has 118 valence electrons. The summed E-state index contributed by atoms with van der Waals surface area (Å²) in [6.07, 6.45) is 5.20. The van der Waals surface area contributed by atoms with Crippen LogP contribution >= 0.6 is 11.3 Å². The number of carbonyl (C=O) groups excluding carboxylic acids is 1. The number of hydrogen-bond donors (Lipinski definition) is 2. The topological polar surface area (TPSA) is 54.3 Å². The van der Waals surface area contributed by atoms with Gasteiger partial charge in [0, 0.05) is 30.4 Å². The average Bonchev–Trinajstić information content (AvgIpc) is 3.24. The Labute approximate surface area is 134 Å². The van der Waals surface area contributed by atoms with E-state index in [9.17, 15) is 9.90 Å². The molecule has 2 aromatic heterocycles. The normalized spacial score (nSPS) is 18.3. The number of carbonyl (C=O) groups is 1.